The first-order valence-corrected chi connectivity index (χ1v) is 7.37. The minimum absolute atomic E-state index is 0.0500. The molecule has 1 rings (SSSR count). The Hall–Kier alpha value is -1.88. The molecule has 0 atom stereocenters. The number of nitrogens with one attached hydrogen (secondary N) is 2. The molecule has 21 heavy (non-hydrogen) atoms. The molecule has 0 saturated heterocycles. The molecule has 0 aliphatic rings. The molecule has 2 N–H and O–H groups in total. The second-order valence-corrected chi connectivity index (χ2v) is 4.96. The third-order valence-electron chi connectivity index (χ3n) is 3.29. The van der Waals surface area contributed by atoms with Gasteiger partial charge in [-0.05, 0) is 31.5 Å². The summed E-state index contributed by atoms with van der Waals surface area (Å²) in [4.78, 5) is 25.3. The van der Waals surface area contributed by atoms with Crippen LogP contribution in [0, 0.1) is 6.92 Å². The lowest BCUT2D eigenvalue weighted by Gasteiger charge is -2.19. The molecule has 116 valence electrons. The predicted octanol–water partition coefficient (Wildman–Crippen LogP) is 1.07. The zero-order chi connectivity index (χ0) is 15.7. The summed E-state index contributed by atoms with van der Waals surface area (Å²) in [7, 11) is 0. The Bertz CT molecular complexity index is 474. The van der Waals surface area contributed by atoms with Gasteiger partial charge in [0.1, 0.15) is 0 Å². The van der Waals surface area contributed by atoms with E-state index in [1.165, 1.54) is 0 Å². The molecule has 5 heteroatoms. The van der Waals surface area contributed by atoms with Crippen molar-refractivity contribution in [3.05, 3.63) is 35.4 Å². The fourth-order valence-electron chi connectivity index (χ4n) is 2.00. The van der Waals surface area contributed by atoms with Crippen LogP contribution in [0.5, 0.6) is 0 Å². The Morgan fingerprint density at radius 1 is 1.05 bits per heavy atom. The fraction of sp³-hybridized carbons (Fsp3) is 0.500. The first-order chi connectivity index (χ1) is 10.1. The number of likely N-dealkylation sites (N-methyl/N-ethyl adjacent to an activating group) is 2. The van der Waals surface area contributed by atoms with Crippen molar-refractivity contribution >= 4 is 11.8 Å². The van der Waals surface area contributed by atoms with E-state index in [1.54, 1.807) is 0 Å². The third kappa shape index (κ3) is 6.40. The number of aryl methyl sites for hydroxylation is 1. The van der Waals surface area contributed by atoms with E-state index in [4.69, 9.17) is 0 Å². The van der Waals surface area contributed by atoms with Gasteiger partial charge in [-0.3, -0.25) is 14.5 Å². The molecule has 0 heterocycles. The van der Waals surface area contributed by atoms with Crippen molar-refractivity contribution in [2.45, 2.75) is 27.3 Å². The van der Waals surface area contributed by atoms with Crippen molar-refractivity contribution < 1.29 is 9.59 Å². The normalized spacial score (nSPS) is 10.5. The van der Waals surface area contributed by atoms with Crippen molar-refractivity contribution in [1.82, 2.24) is 15.5 Å². The Morgan fingerprint density at radius 2 is 1.67 bits per heavy atom. The van der Waals surface area contributed by atoms with Crippen LogP contribution in [0.15, 0.2) is 24.3 Å². The maximum Gasteiger partial charge on any atom is 0.234 e. The van der Waals surface area contributed by atoms with Crippen LogP contribution in [0.2, 0.25) is 0 Å². The Balaban J connectivity index is 2.41. The van der Waals surface area contributed by atoms with E-state index in [2.05, 4.69) is 10.6 Å². The number of rotatable bonds is 8. The standard InChI is InChI=1S/C16H25N3O2/c1-4-17-15(20)11-19(5-2)12-16(21)18-10-14-9-7-6-8-13(14)3/h6-9H,4-5,10-12H2,1-3H3,(H,17,20)(H,18,21). The average molecular weight is 291 g/mol. The summed E-state index contributed by atoms with van der Waals surface area (Å²) in [5.41, 5.74) is 2.27. The third-order valence-corrected chi connectivity index (χ3v) is 3.29. The molecule has 1 aromatic carbocycles. The Morgan fingerprint density at radius 3 is 2.24 bits per heavy atom. The lowest BCUT2D eigenvalue weighted by atomic mass is 10.1. The second-order valence-electron chi connectivity index (χ2n) is 4.96. The molecule has 0 spiro atoms. The number of hydrogen-bond donors (Lipinski definition) is 2. The van der Waals surface area contributed by atoms with Gasteiger partial charge in [-0.2, -0.15) is 0 Å². The van der Waals surface area contributed by atoms with Crippen LogP contribution < -0.4 is 10.6 Å². The number of benzene rings is 1. The van der Waals surface area contributed by atoms with Gasteiger partial charge in [0.25, 0.3) is 0 Å². The van der Waals surface area contributed by atoms with Gasteiger partial charge in [-0.15, -0.1) is 0 Å². The topological polar surface area (TPSA) is 61.4 Å². The van der Waals surface area contributed by atoms with Gasteiger partial charge >= 0.3 is 0 Å². The van der Waals surface area contributed by atoms with Gasteiger partial charge in [0.2, 0.25) is 11.8 Å². The summed E-state index contributed by atoms with van der Waals surface area (Å²) in [6.45, 7) is 8.11. The van der Waals surface area contributed by atoms with Crippen LogP contribution in [0.25, 0.3) is 0 Å². The minimum atomic E-state index is -0.0654. The van der Waals surface area contributed by atoms with Crippen molar-refractivity contribution in [1.29, 1.82) is 0 Å². The summed E-state index contributed by atoms with van der Waals surface area (Å²) >= 11 is 0. The number of nitrogens with zero attached hydrogens (tertiary/aromatic N) is 1. The highest BCUT2D eigenvalue weighted by Crippen LogP contribution is 2.05. The van der Waals surface area contributed by atoms with Crippen LogP contribution >= 0.6 is 0 Å². The highest BCUT2D eigenvalue weighted by atomic mass is 16.2. The summed E-state index contributed by atoms with van der Waals surface area (Å²) in [6.07, 6.45) is 0. The van der Waals surface area contributed by atoms with Gasteiger partial charge < -0.3 is 10.6 Å². The van der Waals surface area contributed by atoms with E-state index in [1.807, 2.05) is 49.9 Å². The predicted molar refractivity (Wildman–Crippen MR) is 83.8 cm³/mol. The van der Waals surface area contributed by atoms with Gasteiger partial charge in [0, 0.05) is 13.1 Å². The van der Waals surface area contributed by atoms with Crippen molar-refractivity contribution in [3.63, 3.8) is 0 Å². The van der Waals surface area contributed by atoms with Crippen LogP contribution in [0.4, 0.5) is 0 Å². The summed E-state index contributed by atoms with van der Waals surface area (Å²) in [6, 6.07) is 7.96. The van der Waals surface area contributed by atoms with E-state index < -0.39 is 0 Å². The first-order valence-electron chi connectivity index (χ1n) is 7.37. The van der Waals surface area contributed by atoms with Gasteiger partial charge in [-0.25, -0.2) is 0 Å². The Kier molecular flexibility index (Phi) is 7.46. The van der Waals surface area contributed by atoms with E-state index >= 15 is 0 Å². The number of carbonyl (C=O) groups excluding carboxylic acids is 2. The average Bonchev–Trinajstić information content (AvgIpc) is 2.46. The molecule has 0 radical (unpaired) electrons. The molecule has 5 nitrogen and oxygen atoms in total. The molecular weight excluding hydrogens is 266 g/mol. The Labute approximate surface area is 126 Å². The first kappa shape index (κ1) is 17.2. The van der Waals surface area contributed by atoms with Crippen LogP contribution in [0.1, 0.15) is 25.0 Å². The molecule has 0 bridgehead atoms. The van der Waals surface area contributed by atoms with Gasteiger partial charge in [-0.1, -0.05) is 31.2 Å². The monoisotopic (exact) mass is 291 g/mol. The molecule has 0 fully saturated rings. The van der Waals surface area contributed by atoms with Crippen LogP contribution in [-0.2, 0) is 16.1 Å². The number of carbonyl (C=O) groups is 2. The van der Waals surface area contributed by atoms with Crippen LogP contribution in [0.3, 0.4) is 0 Å². The van der Waals surface area contributed by atoms with Crippen LogP contribution in [-0.4, -0.2) is 42.9 Å². The smallest absolute Gasteiger partial charge is 0.234 e. The van der Waals surface area contributed by atoms with Crippen molar-refractivity contribution in [3.8, 4) is 0 Å². The highest BCUT2D eigenvalue weighted by molar-refractivity contribution is 5.81. The molecule has 1 aromatic rings. The van der Waals surface area contributed by atoms with E-state index in [-0.39, 0.29) is 24.9 Å². The lowest BCUT2D eigenvalue weighted by molar-refractivity contribution is -0.125. The summed E-state index contributed by atoms with van der Waals surface area (Å²) in [5, 5.41) is 5.63. The van der Waals surface area contributed by atoms with Gasteiger partial charge in [0.05, 0.1) is 13.1 Å². The number of amides is 2. The van der Waals surface area contributed by atoms with E-state index in [9.17, 15) is 9.59 Å². The van der Waals surface area contributed by atoms with E-state index in [0.29, 0.717) is 19.6 Å². The molecule has 0 saturated carbocycles. The molecule has 2 amide bonds. The van der Waals surface area contributed by atoms with E-state index in [0.717, 1.165) is 11.1 Å². The zero-order valence-corrected chi connectivity index (χ0v) is 13.1. The largest absolute Gasteiger partial charge is 0.355 e. The quantitative estimate of drug-likeness (QED) is 0.753. The molecule has 0 aliphatic carbocycles. The zero-order valence-electron chi connectivity index (χ0n) is 13.1. The maximum absolute atomic E-state index is 12.0. The van der Waals surface area contributed by atoms with Gasteiger partial charge in [0.15, 0.2) is 0 Å². The summed E-state index contributed by atoms with van der Waals surface area (Å²) < 4.78 is 0. The van der Waals surface area contributed by atoms with Crippen molar-refractivity contribution in [2.24, 2.45) is 0 Å². The van der Waals surface area contributed by atoms with Crippen molar-refractivity contribution in [2.75, 3.05) is 26.2 Å². The fourth-order valence-corrected chi connectivity index (χ4v) is 2.00. The molecule has 0 aromatic heterocycles. The number of hydrogen-bond acceptors (Lipinski definition) is 3. The molecule has 0 aliphatic heterocycles. The SMILES string of the molecule is CCNC(=O)CN(CC)CC(=O)NCc1ccccc1C. The molecular formula is C16H25N3O2. The lowest BCUT2D eigenvalue weighted by Crippen LogP contribution is -2.42. The highest BCUT2D eigenvalue weighted by Gasteiger charge is 2.12. The second kappa shape index (κ2) is 9.13. The minimum Gasteiger partial charge on any atom is -0.355 e. The summed E-state index contributed by atoms with van der Waals surface area (Å²) in [5.74, 6) is -0.115. The maximum atomic E-state index is 12.0. The molecule has 0 unspecified atom stereocenters.